The lowest BCUT2D eigenvalue weighted by Crippen LogP contribution is -2.06. The van der Waals surface area contributed by atoms with Crippen LogP contribution >= 0.6 is 11.6 Å². The molecule has 3 heteroatoms. The van der Waals surface area contributed by atoms with Gasteiger partial charge in [0.25, 0.3) is 0 Å². The van der Waals surface area contributed by atoms with E-state index in [1.807, 2.05) is 31.2 Å². The lowest BCUT2D eigenvalue weighted by atomic mass is 10.2. The van der Waals surface area contributed by atoms with Crippen molar-refractivity contribution in [1.82, 2.24) is 4.90 Å². The van der Waals surface area contributed by atoms with Crippen LogP contribution in [0.5, 0.6) is 0 Å². The molecule has 0 radical (unpaired) electrons. The summed E-state index contributed by atoms with van der Waals surface area (Å²) in [7, 11) is 3.38. The van der Waals surface area contributed by atoms with E-state index >= 15 is 0 Å². The maximum atomic E-state index is 9.43. The average molecular weight is 200 g/mol. The summed E-state index contributed by atoms with van der Waals surface area (Å²) < 4.78 is 0. The molecule has 0 atom stereocenters. The van der Waals surface area contributed by atoms with Crippen LogP contribution in [0, 0.1) is 6.92 Å². The Morgan fingerprint density at radius 1 is 1.23 bits per heavy atom. The molecule has 2 nitrogen and oxygen atoms in total. The van der Waals surface area contributed by atoms with E-state index < -0.39 is 0 Å². The number of amides is 1. The van der Waals surface area contributed by atoms with E-state index in [1.54, 1.807) is 14.1 Å². The van der Waals surface area contributed by atoms with E-state index in [0.29, 0.717) is 0 Å². The molecule has 0 heterocycles. The van der Waals surface area contributed by atoms with E-state index in [1.165, 1.54) is 10.5 Å². The molecule has 0 bridgehead atoms. The Morgan fingerprint density at radius 2 is 1.62 bits per heavy atom. The number of benzene rings is 1. The van der Waals surface area contributed by atoms with Crippen molar-refractivity contribution in [2.75, 3.05) is 14.1 Å². The summed E-state index contributed by atoms with van der Waals surface area (Å²) >= 11 is 5.61. The van der Waals surface area contributed by atoms with Gasteiger partial charge >= 0.3 is 0 Å². The lowest BCUT2D eigenvalue weighted by Gasteiger charge is -1.93. The van der Waals surface area contributed by atoms with Crippen LogP contribution in [0.1, 0.15) is 5.56 Å². The molecule has 0 spiro atoms. The Morgan fingerprint density at radius 3 is 1.85 bits per heavy atom. The number of aryl methyl sites for hydroxylation is 1. The van der Waals surface area contributed by atoms with Gasteiger partial charge in [0.2, 0.25) is 6.41 Å². The molecule has 1 aromatic rings. The summed E-state index contributed by atoms with van der Waals surface area (Å²) in [6.07, 6.45) is 0.750. The van der Waals surface area contributed by atoms with Gasteiger partial charge in [0, 0.05) is 19.1 Å². The second-order valence-electron chi connectivity index (χ2n) is 2.86. The third-order valence-electron chi connectivity index (χ3n) is 1.22. The highest BCUT2D eigenvalue weighted by Gasteiger charge is 1.81. The zero-order valence-electron chi connectivity index (χ0n) is 8.12. The Balaban J connectivity index is 0.000000252. The number of halogens is 1. The number of nitrogens with zero attached hydrogens (tertiary/aromatic N) is 1. The molecule has 0 saturated carbocycles. The van der Waals surface area contributed by atoms with E-state index in [4.69, 9.17) is 11.6 Å². The van der Waals surface area contributed by atoms with Crippen LogP contribution in [0.15, 0.2) is 24.3 Å². The van der Waals surface area contributed by atoms with Gasteiger partial charge in [0.05, 0.1) is 0 Å². The summed E-state index contributed by atoms with van der Waals surface area (Å²) in [6, 6.07) is 7.75. The normalized spacial score (nSPS) is 8.31. The molecule has 1 aromatic carbocycles. The minimum atomic E-state index is 0.750. The summed E-state index contributed by atoms with van der Waals surface area (Å²) in [5.41, 5.74) is 1.24. The van der Waals surface area contributed by atoms with Gasteiger partial charge in [-0.05, 0) is 19.1 Å². The van der Waals surface area contributed by atoms with Gasteiger partial charge in [-0.3, -0.25) is 4.79 Å². The topological polar surface area (TPSA) is 20.3 Å². The van der Waals surface area contributed by atoms with Crippen molar-refractivity contribution in [3.63, 3.8) is 0 Å². The van der Waals surface area contributed by atoms with Crippen molar-refractivity contribution in [2.24, 2.45) is 0 Å². The third-order valence-corrected chi connectivity index (χ3v) is 1.47. The first-order valence-electron chi connectivity index (χ1n) is 3.90. The van der Waals surface area contributed by atoms with Crippen molar-refractivity contribution in [3.05, 3.63) is 34.9 Å². The summed E-state index contributed by atoms with van der Waals surface area (Å²) in [5.74, 6) is 0. The maximum Gasteiger partial charge on any atom is 0.209 e. The van der Waals surface area contributed by atoms with Crippen molar-refractivity contribution in [3.8, 4) is 0 Å². The Hall–Kier alpha value is -1.02. The second-order valence-corrected chi connectivity index (χ2v) is 3.30. The van der Waals surface area contributed by atoms with Crippen LogP contribution in [0.2, 0.25) is 5.02 Å². The number of carbonyl (C=O) groups excluding carboxylic acids is 1. The molecular formula is C10H14ClNO. The molecule has 0 saturated heterocycles. The molecule has 0 unspecified atom stereocenters. The van der Waals surface area contributed by atoms with Crippen LogP contribution in [0.3, 0.4) is 0 Å². The highest BCUT2D eigenvalue weighted by Crippen LogP contribution is 2.07. The van der Waals surface area contributed by atoms with Crippen LogP contribution < -0.4 is 0 Å². The lowest BCUT2D eigenvalue weighted by molar-refractivity contribution is -0.115. The van der Waals surface area contributed by atoms with Crippen LogP contribution in [0.25, 0.3) is 0 Å². The van der Waals surface area contributed by atoms with E-state index in [2.05, 4.69) is 0 Å². The van der Waals surface area contributed by atoms with Crippen LogP contribution in [-0.2, 0) is 4.79 Å². The SMILES string of the molecule is CN(C)C=O.Cc1ccc(Cl)cc1. The van der Waals surface area contributed by atoms with Crippen molar-refractivity contribution in [2.45, 2.75) is 6.92 Å². The molecule has 0 aromatic heterocycles. The predicted octanol–water partition coefficient (Wildman–Crippen LogP) is 2.35. The van der Waals surface area contributed by atoms with E-state index in [-0.39, 0.29) is 0 Å². The number of hydrogen-bond donors (Lipinski definition) is 0. The predicted molar refractivity (Wildman–Crippen MR) is 55.9 cm³/mol. The molecule has 72 valence electrons. The van der Waals surface area contributed by atoms with E-state index in [0.717, 1.165) is 11.4 Å². The zero-order chi connectivity index (χ0) is 10.3. The fourth-order valence-corrected chi connectivity index (χ4v) is 0.659. The van der Waals surface area contributed by atoms with Gasteiger partial charge in [-0.15, -0.1) is 0 Å². The summed E-state index contributed by atoms with van der Waals surface area (Å²) in [6.45, 7) is 2.04. The molecular weight excluding hydrogens is 186 g/mol. The quantitative estimate of drug-likeness (QED) is 0.636. The van der Waals surface area contributed by atoms with Gasteiger partial charge in [-0.25, -0.2) is 0 Å². The fourth-order valence-electron chi connectivity index (χ4n) is 0.533. The summed E-state index contributed by atoms with van der Waals surface area (Å²) in [5, 5.41) is 0.801. The Kier molecular flexibility index (Phi) is 5.98. The smallest absolute Gasteiger partial charge is 0.209 e. The minimum absolute atomic E-state index is 0.750. The standard InChI is InChI=1S/C7H7Cl.C3H7NO/c1-6-2-4-7(8)5-3-6;1-4(2)3-5/h2-5H,1H3;3H,1-2H3. The van der Waals surface area contributed by atoms with Gasteiger partial charge in [0.15, 0.2) is 0 Å². The third kappa shape index (κ3) is 7.34. The van der Waals surface area contributed by atoms with Crippen molar-refractivity contribution >= 4 is 18.0 Å². The fraction of sp³-hybridized carbons (Fsp3) is 0.300. The summed E-state index contributed by atoms with van der Waals surface area (Å²) in [4.78, 5) is 10.9. The molecule has 1 rings (SSSR count). The van der Waals surface area contributed by atoms with Crippen LogP contribution in [0.4, 0.5) is 0 Å². The monoisotopic (exact) mass is 199 g/mol. The number of carbonyl (C=O) groups is 1. The molecule has 0 aliphatic rings. The highest BCUT2D eigenvalue weighted by molar-refractivity contribution is 6.30. The second kappa shape index (κ2) is 6.49. The first kappa shape index (κ1) is 12.0. The Bertz CT molecular complexity index is 223. The highest BCUT2D eigenvalue weighted by atomic mass is 35.5. The van der Waals surface area contributed by atoms with Crippen LogP contribution in [-0.4, -0.2) is 25.4 Å². The maximum absolute atomic E-state index is 9.43. The van der Waals surface area contributed by atoms with Gasteiger partial charge in [0.1, 0.15) is 0 Å². The molecule has 1 amide bonds. The first-order chi connectivity index (χ1) is 6.06. The molecule has 0 fully saturated rings. The van der Waals surface area contributed by atoms with E-state index in [9.17, 15) is 4.79 Å². The molecule has 0 aliphatic carbocycles. The van der Waals surface area contributed by atoms with Crippen molar-refractivity contribution < 1.29 is 4.79 Å². The Labute approximate surface area is 84.1 Å². The van der Waals surface area contributed by atoms with Crippen molar-refractivity contribution in [1.29, 1.82) is 0 Å². The minimum Gasteiger partial charge on any atom is -0.351 e. The van der Waals surface area contributed by atoms with Gasteiger partial charge < -0.3 is 4.90 Å². The largest absolute Gasteiger partial charge is 0.351 e. The van der Waals surface area contributed by atoms with Gasteiger partial charge in [-0.2, -0.15) is 0 Å². The zero-order valence-corrected chi connectivity index (χ0v) is 8.88. The first-order valence-corrected chi connectivity index (χ1v) is 4.28. The van der Waals surface area contributed by atoms with Gasteiger partial charge in [-0.1, -0.05) is 29.3 Å². The molecule has 13 heavy (non-hydrogen) atoms. The number of hydrogen-bond acceptors (Lipinski definition) is 1. The molecule has 0 N–H and O–H groups in total. The molecule has 0 aliphatic heterocycles. The average Bonchev–Trinajstić information content (AvgIpc) is 2.11. The number of rotatable bonds is 1.